The molecular weight excluding hydrogens is 907 g/mol. The zero-order valence-electron chi connectivity index (χ0n) is 45.9. The molecule has 0 saturated carbocycles. The van der Waals surface area contributed by atoms with Crippen LogP contribution in [0.3, 0.4) is 0 Å². The Morgan fingerprint density at radius 2 is 0.944 bits per heavy atom. The third-order valence-corrected chi connectivity index (χ3v) is 13.6. The number of esters is 1. The average Bonchev–Trinajstić information content (AvgIpc) is 3.38. The molecule has 11 heteroatoms. The number of nitrogens with one attached hydrogen (secondary N) is 1. The number of aliphatic hydroxyl groups excluding tert-OH is 5. The van der Waals surface area contributed by atoms with Crippen molar-refractivity contribution in [3.63, 3.8) is 0 Å². The minimum Gasteiger partial charge on any atom is -0.466 e. The molecule has 0 aromatic carbocycles. The third kappa shape index (κ3) is 39.8. The zero-order valence-corrected chi connectivity index (χ0v) is 45.9. The fourth-order valence-corrected chi connectivity index (χ4v) is 8.83. The van der Waals surface area contributed by atoms with Gasteiger partial charge in [-0.05, 0) is 103 Å². The number of rotatable bonds is 50. The minimum absolute atomic E-state index is 0.0264. The number of hydrogen-bond donors (Lipinski definition) is 6. The van der Waals surface area contributed by atoms with Crippen LogP contribution in [0.1, 0.15) is 251 Å². The standard InChI is InChI=1S/C61H109NO10/c1-3-5-7-9-11-13-14-15-16-17-18-19-23-26-29-33-37-41-45-49-57(66)70-50-46-42-38-34-30-27-24-21-20-22-25-28-32-36-40-44-48-56(65)62-53(54(64)47-43-39-35-31-12-10-8-6-4-2)52-71-61-60(69)59(68)58(67)55(51-63)72-61/h11-13,15-16,20,22,31,43,47,53-55,58-61,63-64,67-69H,3-10,14,17-19,21,23-30,32-42,44-46,48-52H2,1-2H3,(H,62,65)/b13-11-,16-15-,22-20-,31-12+,47-43+. The summed E-state index contributed by atoms with van der Waals surface area (Å²) in [7, 11) is 0. The van der Waals surface area contributed by atoms with Gasteiger partial charge in [0.2, 0.25) is 5.91 Å². The number of carbonyl (C=O) groups excluding carboxylic acids is 2. The van der Waals surface area contributed by atoms with E-state index < -0.39 is 49.5 Å². The molecule has 1 amide bonds. The van der Waals surface area contributed by atoms with Crippen LogP contribution in [0.4, 0.5) is 0 Å². The van der Waals surface area contributed by atoms with Gasteiger partial charge in [0.15, 0.2) is 6.29 Å². The second-order valence-corrected chi connectivity index (χ2v) is 20.3. The van der Waals surface area contributed by atoms with Gasteiger partial charge in [0, 0.05) is 12.8 Å². The van der Waals surface area contributed by atoms with Crippen LogP contribution in [0.25, 0.3) is 0 Å². The highest BCUT2D eigenvalue weighted by molar-refractivity contribution is 5.76. The predicted octanol–water partition coefficient (Wildman–Crippen LogP) is 13.4. The molecule has 1 aliphatic rings. The Balaban J connectivity index is 2.04. The van der Waals surface area contributed by atoms with Gasteiger partial charge in [-0.1, -0.05) is 197 Å². The molecule has 1 saturated heterocycles. The number of amides is 1. The average molecular weight is 1020 g/mol. The zero-order chi connectivity index (χ0) is 52.4. The highest BCUT2D eigenvalue weighted by Crippen LogP contribution is 2.23. The van der Waals surface area contributed by atoms with Crippen molar-refractivity contribution in [2.75, 3.05) is 19.8 Å². The summed E-state index contributed by atoms with van der Waals surface area (Å²) >= 11 is 0. The number of allylic oxidation sites excluding steroid dienone is 9. The minimum atomic E-state index is -1.58. The lowest BCUT2D eigenvalue weighted by Crippen LogP contribution is -2.60. The summed E-state index contributed by atoms with van der Waals surface area (Å²) in [5.41, 5.74) is 0. The molecule has 7 atom stereocenters. The fraction of sp³-hybridized carbons (Fsp3) is 0.803. The maximum Gasteiger partial charge on any atom is 0.305 e. The van der Waals surface area contributed by atoms with Crippen molar-refractivity contribution in [3.05, 3.63) is 60.8 Å². The quantitative estimate of drug-likeness (QED) is 0.0195. The van der Waals surface area contributed by atoms with Crippen LogP contribution in [-0.2, 0) is 23.8 Å². The van der Waals surface area contributed by atoms with Crippen LogP contribution in [-0.4, -0.2) is 100 Å². The third-order valence-electron chi connectivity index (χ3n) is 13.6. The molecule has 418 valence electrons. The number of aliphatic hydroxyl groups is 5. The van der Waals surface area contributed by atoms with Crippen LogP contribution >= 0.6 is 0 Å². The van der Waals surface area contributed by atoms with Crippen LogP contribution in [0.5, 0.6) is 0 Å². The summed E-state index contributed by atoms with van der Waals surface area (Å²) in [6.45, 7) is 4.20. The SMILES string of the molecule is CCCCC/C=C\C/C=C\CCCCCCCCCCCC(=O)OCCCCCCCCC/C=C\CCCCCCCC(=O)NC(COC1OC(CO)C(O)C(O)C1O)C(O)/C=C/CC/C=C/CCCCC. The lowest BCUT2D eigenvalue weighted by molar-refractivity contribution is -0.302. The lowest BCUT2D eigenvalue weighted by Gasteiger charge is -2.40. The molecule has 0 bridgehead atoms. The Bertz CT molecular complexity index is 1380. The lowest BCUT2D eigenvalue weighted by atomic mass is 9.99. The van der Waals surface area contributed by atoms with E-state index in [0.29, 0.717) is 19.4 Å². The topological polar surface area (TPSA) is 175 Å². The second kappa shape index (κ2) is 50.5. The van der Waals surface area contributed by atoms with E-state index in [2.05, 4.69) is 67.8 Å². The molecule has 1 heterocycles. The van der Waals surface area contributed by atoms with Crippen molar-refractivity contribution in [2.24, 2.45) is 0 Å². The van der Waals surface area contributed by atoms with E-state index in [1.807, 2.05) is 6.08 Å². The molecule has 0 radical (unpaired) electrons. The first-order valence-corrected chi connectivity index (χ1v) is 29.6. The Hall–Kier alpha value is -2.64. The molecule has 6 N–H and O–H groups in total. The first kappa shape index (κ1) is 67.4. The molecule has 0 aromatic rings. The summed E-state index contributed by atoms with van der Waals surface area (Å²) in [5, 5.41) is 54.1. The van der Waals surface area contributed by atoms with Crippen LogP contribution in [0, 0.1) is 0 Å². The van der Waals surface area contributed by atoms with Crippen molar-refractivity contribution in [2.45, 2.75) is 294 Å². The molecular formula is C61H109NO10. The smallest absolute Gasteiger partial charge is 0.305 e. The van der Waals surface area contributed by atoms with E-state index in [0.717, 1.165) is 96.3 Å². The first-order chi connectivity index (χ1) is 35.2. The normalized spacial score (nSPS) is 19.5. The van der Waals surface area contributed by atoms with Gasteiger partial charge in [0.25, 0.3) is 0 Å². The van der Waals surface area contributed by atoms with E-state index in [9.17, 15) is 35.1 Å². The van der Waals surface area contributed by atoms with Crippen molar-refractivity contribution >= 4 is 11.9 Å². The van der Waals surface area contributed by atoms with E-state index in [1.54, 1.807) is 6.08 Å². The number of ether oxygens (including phenoxy) is 3. The van der Waals surface area contributed by atoms with Gasteiger partial charge in [-0.3, -0.25) is 9.59 Å². The molecule has 1 fully saturated rings. The fourth-order valence-electron chi connectivity index (χ4n) is 8.83. The van der Waals surface area contributed by atoms with Gasteiger partial charge in [-0.2, -0.15) is 0 Å². The maximum absolute atomic E-state index is 13.0. The Morgan fingerprint density at radius 3 is 1.46 bits per heavy atom. The molecule has 7 unspecified atom stereocenters. The monoisotopic (exact) mass is 1020 g/mol. The largest absolute Gasteiger partial charge is 0.466 e. The second-order valence-electron chi connectivity index (χ2n) is 20.3. The summed E-state index contributed by atoms with van der Waals surface area (Å²) in [6, 6.07) is -0.840. The number of carbonyl (C=O) groups is 2. The van der Waals surface area contributed by atoms with Gasteiger partial charge in [0.05, 0.1) is 32.0 Å². The molecule has 72 heavy (non-hydrogen) atoms. The highest BCUT2D eigenvalue weighted by atomic mass is 16.7. The Morgan fingerprint density at radius 1 is 0.514 bits per heavy atom. The van der Waals surface area contributed by atoms with Gasteiger partial charge in [-0.15, -0.1) is 0 Å². The molecule has 1 aliphatic heterocycles. The molecule has 0 spiro atoms. The Labute approximate surface area is 439 Å². The van der Waals surface area contributed by atoms with Crippen LogP contribution < -0.4 is 5.32 Å². The van der Waals surface area contributed by atoms with Crippen LogP contribution in [0.2, 0.25) is 0 Å². The van der Waals surface area contributed by atoms with E-state index in [4.69, 9.17) is 14.2 Å². The van der Waals surface area contributed by atoms with Crippen molar-refractivity contribution in [1.29, 1.82) is 0 Å². The van der Waals surface area contributed by atoms with Crippen molar-refractivity contribution in [1.82, 2.24) is 5.32 Å². The summed E-state index contributed by atoms with van der Waals surface area (Å²) in [6.07, 6.45) is 54.7. The molecule has 11 nitrogen and oxygen atoms in total. The van der Waals surface area contributed by atoms with Crippen molar-refractivity contribution in [3.8, 4) is 0 Å². The van der Waals surface area contributed by atoms with Gasteiger partial charge < -0.3 is 45.1 Å². The molecule has 1 rings (SSSR count). The van der Waals surface area contributed by atoms with Gasteiger partial charge >= 0.3 is 5.97 Å². The highest BCUT2D eigenvalue weighted by Gasteiger charge is 2.44. The molecule has 0 aliphatic carbocycles. The first-order valence-electron chi connectivity index (χ1n) is 29.6. The van der Waals surface area contributed by atoms with E-state index in [1.165, 1.54) is 128 Å². The predicted molar refractivity (Wildman–Crippen MR) is 296 cm³/mol. The molecule has 0 aromatic heterocycles. The van der Waals surface area contributed by atoms with Gasteiger partial charge in [0.1, 0.15) is 24.4 Å². The Kier molecular flexibility index (Phi) is 47.3. The van der Waals surface area contributed by atoms with Crippen molar-refractivity contribution < 1.29 is 49.3 Å². The number of hydrogen-bond acceptors (Lipinski definition) is 10. The summed E-state index contributed by atoms with van der Waals surface area (Å²) < 4.78 is 16.7. The summed E-state index contributed by atoms with van der Waals surface area (Å²) in [5.74, 6) is -0.239. The maximum atomic E-state index is 13.0. The van der Waals surface area contributed by atoms with E-state index >= 15 is 0 Å². The van der Waals surface area contributed by atoms with Gasteiger partial charge in [-0.25, -0.2) is 0 Å². The number of unbranched alkanes of at least 4 members (excludes halogenated alkanes) is 28. The van der Waals surface area contributed by atoms with Crippen LogP contribution in [0.15, 0.2) is 60.8 Å². The van der Waals surface area contributed by atoms with E-state index in [-0.39, 0.29) is 18.5 Å². The summed E-state index contributed by atoms with van der Waals surface area (Å²) in [4.78, 5) is 25.1.